The fourth-order valence-corrected chi connectivity index (χ4v) is 2.14. The third-order valence-electron chi connectivity index (χ3n) is 3.81. The van der Waals surface area contributed by atoms with Crippen LogP contribution in [0.2, 0.25) is 0 Å². The number of carbonyl (C=O) groups is 1. The topological polar surface area (TPSA) is 78.3 Å². The molecule has 0 radical (unpaired) electrons. The number of nitrogens with zero attached hydrogens (tertiary/aromatic N) is 3. The highest BCUT2D eigenvalue weighted by Gasteiger charge is 2.14. The van der Waals surface area contributed by atoms with E-state index in [-0.39, 0.29) is 5.91 Å². The van der Waals surface area contributed by atoms with E-state index in [1.54, 1.807) is 37.4 Å². The maximum absolute atomic E-state index is 12.2. The molecule has 0 saturated carbocycles. The predicted molar refractivity (Wildman–Crippen MR) is 96.3 cm³/mol. The largest absolute Gasteiger partial charge is 0.481 e. The molecule has 1 amide bonds. The fourth-order valence-electron chi connectivity index (χ4n) is 2.14. The Bertz CT molecular complexity index is 753. The lowest BCUT2D eigenvalue weighted by atomic mass is 10.2. The minimum Gasteiger partial charge on any atom is -0.481 e. The van der Waals surface area contributed by atoms with Gasteiger partial charge in [-0.3, -0.25) is 4.79 Å². The first-order chi connectivity index (χ1) is 12.0. The minimum atomic E-state index is -0.632. The number of rotatable bonds is 7. The molecule has 2 rings (SSSR count). The van der Waals surface area contributed by atoms with E-state index >= 15 is 0 Å². The Hall–Kier alpha value is -3.07. The van der Waals surface area contributed by atoms with E-state index in [0.29, 0.717) is 17.9 Å². The van der Waals surface area contributed by atoms with E-state index in [2.05, 4.69) is 17.2 Å². The Morgan fingerprint density at radius 3 is 2.72 bits per heavy atom. The van der Waals surface area contributed by atoms with Gasteiger partial charge in [0.25, 0.3) is 5.91 Å². The molecule has 6 heteroatoms. The van der Waals surface area contributed by atoms with E-state index in [9.17, 15) is 4.79 Å². The van der Waals surface area contributed by atoms with E-state index < -0.39 is 6.10 Å². The molecule has 25 heavy (non-hydrogen) atoms. The van der Waals surface area contributed by atoms with Gasteiger partial charge in [0.15, 0.2) is 6.10 Å². The molecule has 130 valence electrons. The standard InChI is InChI=1S/C19H22N4O2/c1-4-23(3)18-11-16(9-10-21-18)13-22-19(24)14(2)25-17-7-5-15(12-20)6-8-17/h5-11,14H,4,13H2,1-3H3,(H,22,24)/t14-/m1/s1. The van der Waals surface area contributed by atoms with Gasteiger partial charge in [-0.05, 0) is 55.8 Å². The van der Waals surface area contributed by atoms with Gasteiger partial charge in [-0.2, -0.15) is 5.26 Å². The molecule has 0 bridgehead atoms. The second-order valence-electron chi connectivity index (χ2n) is 5.65. The summed E-state index contributed by atoms with van der Waals surface area (Å²) in [5.41, 5.74) is 1.53. The van der Waals surface area contributed by atoms with Gasteiger partial charge < -0.3 is 15.0 Å². The number of pyridine rings is 1. The zero-order chi connectivity index (χ0) is 18.2. The first-order valence-corrected chi connectivity index (χ1v) is 8.14. The zero-order valence-corrected chi connectivity index (χ0v) is 14.7. The molecule has 0 saturated heterocycles. The number of amides is 1. The van der Waals surface area contributed by atoms with Gasteiger partial charge in [0.2, 0.25) is 0 Å². The van der Waals surface area contributed by atoms with Gasteiger partial charge in [0.1, 0.15) is 11.6 Å². The summed E-state index contributed by atoms with van der Waals surface area (Å²) in [4.78, 5) is 18.5. The van der Waals surface area contributed by atoms with Gasteiger partial charge in [-0.25, -0.2) is 4.98 Å². The van der Waals surface area contributed by atoms with Crippen molar-refractivity contribution in [1.82, 2.24) is 10.3 Å². The lowest BCUT2D eigenvalue weighted by Gasteiger charge is -2.17. The van der Waals surface area contributed by atoms with Crippen molar-refractivity contribution in [1.29, 1.82) is 5.26 Å². The van der Waals surface area contributed by atoms with Crippen molar-refractivity contribution in [2.45, 2.75) is 26.5 Å². The van der Waals surface area contributed by atoms with Crippen LogP contribution in [0.25, 0.3) is 0 Å². The molecule has 1 heterocycles. The summed E-state index contributed by atoms with van der Waals surface area (Å²) < 4.78 is 5.60. The number of aromatic nitrogens is 1. The van der Waals surface area contributed by atoms with Crippen LogP contribution in [0.5, 0.6) is 5.75 Å². The molecule has 1 aromatic carbocycles. The summed E-state index contributed by atoms with van der Waals surface area (Å²) in [6.07, 6.45) is 1.10. The minimum absolute atomic E-state index is 0.202. The Morgan fingerprint density at radius 2 is 2.08 bits per heavy atom. The Labute approximate surface area is 148 Å². The summed E-state index contributed by atoms with van der Waals surface area (Å²) >= 11 is 0. The van der Waals surface area contributed by atoms with Crippen LogP contribution in [0.15, 0.2) is 42.6 Å². The molecule has 1 atom stereocenters. The molecule has 0 aliphatic heterocycles. The van der Waals surface area contributed by atoms with Crippen molar-refractivity contribution in [3.8, 4) is 11.8 Å². The number of hydrogen-bond donors (Lipinski definition) is 1. The van der Waals surface area contributed by atoms with Crippen molar-refractivity contribution in [3.05, 3.63) is 53.7 Å². The normalized spacial score (nSPS) is 11.3. The molecule has 1 N–H and O–H groups in total. The average molecular weight is 338 g/mol. The summed E-state index contributed by atoms with van der Waals surface area (Å²) in [5, 5.41) is 11.6. The number of nitriles is 1. The van der Waals surface area contributed by atoms with E-state index in [1.807, 2.05) is 30.1 Å². The first-order valence-electron chi connectivity index (χ1n) is 8.14. The molecule has 0 spiro atoms. The number of hydrogen-bond acceptors (Lipinski definition) is 5. The Kier molecular flexibility index (Phi) is 6.35. The van der Waals surface area contributed by atoms with E-state index in [0.717, 1.165) is 17.9 Å². The first kappa shape index (κ1) is 18.3. The Morgan fingerprint density at radius 1 is 1.36 bits per heavy atom. The average Bonchev–Trinajstić information content (AvgIpc) is 2.66. The van der Waals surface area contributed by atoms with Gasteiger partial charge in [0, 0.05) is 26.3 Å². The highest BCUT2D eigenvalue weighted by molar-refractivity contribution is 5.80. The maximum Gasteiger partial charge on any atom is 0.261 e. The van der Waals surface area contributed by atoms with Crippen molar-refractivity contribution in [3.63, 3.8) is 0 Å². The van der Waals surface area contributed by atoms with Crippen LogP contribution in [0.1, 0.15) is 25.0 Å². The van der Waals surface area contributed by atoms with E-state index in [4.69, 9.17) is 10.00 Å². The number of ether oxygens (including phenoxy) is 1. The highest BCUT2D eigenvalue weighted by atomic mass is 16.5. The quantitative estimate of drug-likeness (QED) is 0.839. The van der Waals surface area contributed by atoms with Crippen molar-refractivity contribution < 1.29 is 9.53 Å². The van der Waals surface area contributed by atoms with Crippen LogP contribution in [-0.2, 0) is 11.3 Å². The summed E-state index contributed by atoms with van der Waals surface area (Å²) in [6, 6.07) is 12.5. The van der Waals surface area contributed by atoms with Gasteiger partial charge in [-0.1, -0.05) is 0 Å². The molecular formula is C19H22N4O2. The third kappa shape index (κ3) is 5.21. The molecule has 6 nitrogen and oxygen atoms in total. The van der Waals surface area contributed by atoms with Crippen LogP contribution >= 0.6 is 0 Å². The molecule has 1 aromatic heterocycles. The number of carbonyl (C=O) groups excluding carboxylic acids is 1. The third-order valence-corrected chi connectivity index (χ3v) is 3.81. The molecule has 0 fully saturated rings. The lowest BCUT2D eigenvalue weighted by Crippen LogP contribution is -2.35. The molecule has 0 aliphatic rings. The predicted octanol–water partition coefficient (Wildman–Crippen LogP) is 2.49. The summed E-state index contributed by atoms with van der Waals surface area (Å²) in [6.45, 7) is 5.01. The SMILES string of the molecule is CCN(C)c1cc(CNC(=O)[C@@H](C)Oc2ccc(C#N)cc2)ccn1. The fraction of sp³-hybridized carbons (Fsp3) is 0.316. The van der Waals surface area contributed by atoms with Crippen LogP contribution in [0.4, 0.5) is 5.82 Å². The zero-order valence-electron chi connectivity index (χ0n) is 14.7. The second kappa shape index (κ2) is 8.69. The van der Waals surface area contributed by atoms with Gasteiger partial charge in [0.05, 0.1) is 11.6 Å². The number of anilines is 1. The monoisotopic (exact) mass is 338 g/mol. The lowest BCUT2D eigenvalue weighted by molar-refractivity contribution is -0.127. The van der Waals surface area contributed by atoms with Gasteiger partial charge >= 0.3 is 0 Å². The maximum atomic E-state index is 12.2. The van der Waals surface area contributed by atoms with Crippen LogP contribution < -0.4 is 15.0 Å². The molecule has 0 unspecified atom stereocenters. The summed E-state index contributed by atoms with van der Waals surface area (Å²) in [5.74, 6) is 1.22. The second-order valence-corrected chi connectivity index (χ2v) is 5.65. The number of benzene rings is 1. The van der Waals surface area contributed by atoms with Gasteiger partial charge in [-0.15, -0.1) is 0 Å². The molecular weight excluding hydrogens is 316 g/mol. The van der Waals surface area contributed by atoms with Crippen LogP contribution in [0, 0.1) is 11.3 Å². The van der Waals surface area contributed by atoms with Crippen molar-refractivity contribution >= 4 is 11.7 Å². The highest BCUT2D eigenvalue weighted by Crippen LogP contribution is 2.14. The molecule has 2 aromatic rings. The van der Waals surface area contributed by atoms with Crippen molar-refractivity contribution in [2.24, 2.45) is 0 Å². The van der Waals surface area contributed by atoms with Crippen LogP contribution in [0.3, 0.4) is 0 Å². The summed E-state index contributed by atoms with van der Waals surface area (Å²) in [7, 11) is 1.97. The van der Waals surface area contributed by atoms with Crippen molar-refractivity contribution in [2.75, 3.05) is 18.5 Å². The van der Waals surface area contributed by atoms with Crippen LogP contribution in [-0.4, -0.2) is 30.6 Å². The smallest absolute Gasteiger partial charge is 0.261 e. The Balaban J connectivity index is 1.89. The van der Waals surface area contributed by atoms with E-state index in [1.165, 1.54) is 0 Å². The molecule has 0 aliphatic carbocycles. The number of nitrogens with one attached hydrogen (secondary N) is 1.